The molecule has 100 valence electrons. The maximum atomic E-state index is 12.0. The number of nitrogens with one attached hydrogen (secondary N) is 2. The van der Waals surface area contributed by atoms with E-state index in [0.717, 1.165) is 25.7 Å². The van der Waals surface area contributed by atoms with Crippen molar-refractivity contribution in [3.8, 4) is 0 Å². The zero-order valence-corrected chi connectivity index (χ0v) is 10.8. The number of H-pyrrole nitrogens is 1. The number of hydrogen-bond acceptors (Lipinski definition) is 4. The molecule has 1 saturated carbocycles. The Morgan fingerprint density at radius 3 is 2.89 bits per heavy atom. The molecule has 4 N–H and O–H groups in total. The molecule has 0 aliphatic heterocycles. The first kappa shape index (κ1) is 13.0. The fourth-order valence-electron chi connectivity index (χ4n) is 2.54. The summed E-state index contributed by atoms with van der Waals surface area (Å²) in [6.45, 7) is 1.88. The van der Waals surface area contributed by atoms with Crippen LogP contribution in [0.2, 0.25) is 0 Å². The van der Waals surface area contributed by atoms with Gasteiger partial charge in [0.15, 0.2) is 0 Å². The third-order valence-corrected chi connectivity index (χ3v) is 3.58. The van der Waals surface area contributed by atoms with Crippen molar-refractivity contribution < 1.29 is 4.79 Å². The molecule has 0 radical (unpaired) electrons. The Morgan fingerprint density at radius 1 is 1.56 bits per heavy atom. The predicted octanol–water partition coefficient (Wildman–Crippen LogP) is 1.03. The standard InChI is InChI=1S/C12H21N5O/c1-9(11-14-8-15-17-11)16-10(18)7-12(13)5-3-2-4-6-12/h8-9H,2-7,13H2,1H3,(H,16,18)(H,14,15,17). The number of aromatic nitrogens is 3. The molecule has 0 saturated heterocycles. The van der Waals surface area contributed by atoms with E-state index in [-0.39, 0.29) is 17.5 Å². The average Bonchev–Trinajstić information content (AvgIpc) is 2.82. The molecule has 0 aromatic carbocycles. The van der Waals surface area contributed by atoms with Crippen LogP contribution >= 0.6 is 0 Å². The summed E-state index contributed by atoms with van der Waals surface area (Å²) in [7, 11) is 0. The van der Waals surface area contributed by atoms with E-state index >= 15 is 0 Å². The average molecular weight is 251 g/mol. The van der Waals surface area contributed by atoms with Crippen molar-refractivity contribution in [3.05, 3.63) is 12.2 Å². The van der Waals surface area contributed by atoms with Gasteiger partial charge in [-0.3, -0.25) is 9.89 Å². The van der Waals surface area contributed by atoms with Crippen LogP contribution in [0.3, 0.4) is 0 Å². The molecule has 1 unspecified atom stereocenters. The third-order valence-electron chi connectivity index (χ3n) is 3.58. The van der Waals surface area contributed by atoms with Gasteiger partial charge in [0, 0.05) is 12.0 Å². The van der Waals surface area contributed by atoms with Crippen LogP contribution in [0.4, 0.5) is 0 Å². The second kappa shape index (κ2) is 5.48. The highest BCUT2D eigenvalue weighted by atomic mass is 16.1. The van der Waals surface area contributed by atoms with Gasteiger partial charge >= 0.3 is 0 Å². The highest BCUT2D eigenvalue weighted by Crippen LogP contribution is 2.28. The van der Waals surface area contributed by atoms with Crippen molar-refractivity contribution >= 4 is 5.91 Å². The van der Waals surface area contributed by atoms with Crippen molar-refractivity contribution in [2.45, 2.75) is 57.0 Å². The topological polar surface area (TPSA) is 96.7 Å². The van der Waals surface area contributed by atoms with E-state index in [9.17, 15) is 4.79 Å². The van der Waals surface area contributed by atoms with E-state index < -0.39 is 0 Å². The van der Waals surface area contributed by atoms with Crippen molar-refractivity contribution in [1.82, 2.24) is 20.5 Å². The van der Waals surface area contributed by atoms with E-state index in [1.165, 1.54) is 12.7 Å². The van der Waals surface area contributed by atoms with Crippen LogP contribution in [0.1, 0.15) is 57.3 Å². The summed E-state index contributed by atoms with van der Waals surface area (Å²) in [5.74, 6) is 0.654. The van der Waals surface area contributed by atoms with Gasteiger partial charge in [-0.15, -0.1) is 0 Å². The van der Waals surface area contributed by atoms with Crippen molar-refractivity contribution in [3.63, 3.8) is 0 Å². The molecule has 18 heavy (non-hydrogen) atoms. The van der Waals surface area contributed by atoms with E-state index in [2.05, 4.69) is 20.5 Å². The van der Waals surface area contributed by atoms with Crippen LogP contribution in [0.15, 0.2) is 6.33 Å². The highest BCUT2D eigenvalue weighted by molar-refractivity contribution is 5.77. The van der Waals surface area contributed by atoms with Gasteiger partial charge in [0.2, 0.25) is 5.91 Å². The molecule has 1 heterocycles. The Bertz CT molecular complexity index is 383. The summed E-state index contributed by atoms with van der Waals surface area (Å²) in [5, 5.41) is 9.42. The first-order valence-electron chi connectivity index (χ1n) is 6.53. The Kier molecular flexibility index (Phi) is 3.96. The van der Waals surface area contributed by atoms with Crippen LogP contribution in [0, 0.1) is 0 Å². The lowest BCUT2D eigenvalue weighted by Gasteiger charge is -2.33. The van der Waals surface area contributed by atoms with E-state index in [4.69, 9.17) is 5.73 Å². The number of hydrogen-bond donors (Lipinski definition) is 3. The van der Waals surface area contributed by atoms with Crippen LogP contribution < -0.4 is 11.1 Å². The number of carbonyl (C=O) groups is 1. The normalized spacial score (nSPS) is 20.3. The molecule has 1 amide bonds. The lowest BCUT2D eigenvalue weighted by Crippen LogP contribution is -2.46. The SMILES string of the molecule is CC(NC(=O)CC1(N)CCCCC1)c1ncn[nH]1. The monoisotopic (exact) mass is 251 g/mol. The molecule has 0 spiro atoms. The lowest BCUT2D eigenvalue weighted by atomic mass is 9.80. The van der Waals surface area contributed by atoms with Gasteiger partial charge in [0.1, 0.15) is 12.2 Å². The maximum absolute atomic E-state index is 12.0. The molecular weight excluding hydrogens is 230 g/mol. The second-order valence-electron chi connectivity index (χ2n) is 5.26. The smallest absolute Gasteiger partial charge is 0.222 e. The Morgan fingerprint density at radius 2 is 2.28 bits per heavy atom. The van der Waals surface area contributed by atoms with Gasteiger partial charge in [-0.25, -0.2) is 4.98 Å². The lowest BCUT2D eigenvalue weighted by molar-refractivity contribution is -0.123. The molecule has 1 aromatic rings. The molecule has 6 nitrogen and oxygen atoms in total. The molecule has 1 fully saturated rings. The second-order valence-corrected chi connectivity index (χ2v) is 5.26. The van der Waals surface area contributed by atoms with Crippen LogP contribution in [-0.4, -0.2) is 26.6 Å². The van der Waals surface area contributed by atoms with Gasteiger partial charge < -0.3 is 11.1 Å². The Balaban J connectivity index is 1.84. The summed E-state index contributed by atoms with van der Waals surface area (Å²) >= 11 is 0. The number of nitrogens with two attached hydrogens (primary N) is 1. The zero-order chi connectivity index (χ0) is 13.0. The van der Waals surface area contributed by atoms with Gasteiger partial charge in [0.25, 0.3) is 0 Å². The maximum Gasteiger partial charge on any atom is 0.222 e. The number of aromatic amines is 1. The third kappa shape index (κ3) is 3.29. The van der Waals surface area contributed by atoms with Crippen LogP contribution in [0.5, 0.6) is 0 Å². The summed E-state index contributed by atoms with van der Waals surface area (Å²) in [6, 6.07) is -0.160. The molecule has 0 bridgehead atoms. The van der Waals surface area contributed by atoms with Crippen molar-refractivity contribution in [1.29, 1.82) is 0 Å². The first-order chi connectivity index (χ1) is 8.59. The number of carbonyl (C=O) groups excluding carboxylic acids is 1. The Labute approximate surface area is 107 Å². The molecule has 1 aromatic heterocycles. The quantitative estimate of drug-likeness (QED) is 0.744. The summed E-state index contributed by atoms with van der Waals surface area (Å²) in [4.78, 5) is 16.0. The summed E-state index contributed by atoms with van der Waals surface area (Å²) in [6.07, 6.45) is 7.20. The largest absolute Gasteiger partial charge is 0.346 e. The van der Waals surface area contributed by atoms with Crippen LogP contribution in [-0.2, 0) is 4.79 Å². The van der Waals surface area contributed by atoms with E-state index in [1.807, 2.05) is 6.92 Å². The molecule has 6 heteroatoms. The zero-order valence-electron chi connectivity index (χ0n) is 10.8. The molecular formula is C12H21N5O. The minimum atomic E-state index is -0.316. The molecule has 1 atom stereocenters. The van der Waals surface area contributed by atoms with Crippen molar-refractivity contribution in [2.24, 2.45) is 5.73 Å². The van der Waals surface area contributed by atoms with Crippen molar-refractivity contribution in [2.75, 3.05) is 0 Å². The fourth-order valence-corrected chi connectivity index (χ4v) is 2.54. The highest BCUT2D eigenvalue weighted by Gasteiger charge is 2.30. The molecule has 1 aliphatic carbocycles. The minimum absolute atomic E-state index is 0.0108. The predicted molar refractivity (Wildman–Crippen MR) is 67.6 cm³/mol. The number of amides is 1. The Hall–Kier alpha value is -1.43. The fraction of sp³-hybridized carbons (Fsp3) is 0.750. The number of nitrogens with zero attached hydrogens (tertiary/aromatic N) is 2. The van der Waals surface area contributed by atoms with Gasteiger partial charge in [-0.05, 0) is 19.8 Å². The summed E-state index contributed by atoms with van der Waals surface area (Å²) < 4.78 is 0. The summed E-state index contributed by atoms with van der Waals surface area (Å²) in [5.41, 5.74) is 5.94. The molecule has 2 rings (SSSR count). The van der Waals surface area contributed by atoms with Gasteiger partial charge in [-0.2, -0.15) is 5.10 Å². The van der Waals surface area contributed by atoms with E-state index in [0.29, 0.717) is 12.2 Å². The minimum Gasteiger partial charge on any atom is -0.346 e. The van der Waals surface area contributed by atoms with Crippen LogP contribution in [0.25, 0.3) is 0 Å². The van der Waals surface area contributed by atoms with Gasteiger partial charge in [0.05, 0.1) is 6.04 Å². The molecule has 1 aliphatic rings. The van der Waals surface area contributed by atoms with E-state index in [1.54, 1.807) is 0 Å². The van der Waals surface area contributed by atoms with Gasteiger partial charge in [-0.1, -0.05) is 19.3 Å². The first-order valence-corrected chi connectivity index (χ1v) is 6.53. The number of rotatable bonds is 4.